The van der Waals surface area contributed by atoms with Crippen molar-refractivity contribution in [3.05, 3.63) is 29.8 Å². The van der Waals surface area contributed by atoms with E-state index in [2.05, 4.69) is 10.6 Å². The SMILES string of the molecule is O=C(Nc1ccc(F)c(F)c1)NC1C2CC3CC(C2)CC1C3. The first-order valence-electron chi connectivity index (χ1n) is 8.11. The number of urea groups is 1. The van der Waals surface area contributed by atoms with Crippen LogP contribution in [0.3, 0.4) is 0 Å². The van der Waals surface area contributed by atoms with Gasteiger partial charge < -0.3 is 10.6 Å². The van der Waals surface area contributed by atoms with Crippen molar-refractivity contribution < 1.29 is 13.6 Å². The Labute approximate surface area is 128 Å². The van der Waals surface area contributed by atoms with Crippen LogP contribution >= 0.6 is 0 Å². The number of carbonyl (C=O) groups excluding carboxylic acids is 1. The molecule has 5 heteroatoms. The minimum Gasteiger partial charge on any atom is -0.335 e. The number of hydrogen-bond donors (Lipinski definition) is 2. The third kappa shape index (κ3) is 2.46. The molecule has 22 heavy (non-hydrogen) atoms. The number of amides is 2. The van der Waals surface area contributed by atoms with Gasteiger partial charge in [-0.3, -0.25) is 0 Å². The number of anilines is 1. The van der Waals surface area contributed by atoms with E-state index in [1.807, 2.05) is 0 Å². The quantitative estimate of drug-likeness (QED) is 0.854. The lowest BCUT2D eigenvalue weighted by molar-refractivity contribution is -0.00883. The number of nitrogens with one attached hydrogen (secondary N) is 2. The van der Waals surface area contributed by atoms with Gasteiger partial charge in [0.15, 0.2) is 11.6 Å². The molecule has 4 fully saturated rings. The summed E-state index contributed by atoms with van der Waals surface area (Å²) in [6.45, 7) is 0. The lowest BCUT2D eigenvalue weighted by Gasteiger charge is -2.54. The summed E-state index contributed by atoms with van der Waals surface area (Å²) in [5.74, 6) is 1.03. The number of halogens is 2. The molecule has 2 N–H and O–H groups in total. The van der Waals surface area contributed by atoms with E-state index in [0.717, 1.165) is 24.0 Å². The Bertz CT molecular complexity index is 576. The van der Waals surface area contributed by atoms with Crippen LogP contribution < -0.4 is 10.6 Å². The van der Waals surface area contributed by atoms with E-state index in [-0.39, 0.29) is 17.8 Å². The van der Waals surface area contributed by atoms with E-state index < -0.39 is 11.6 Å². The van der Waals surface area contributed by atoms with Gasteiger partial charge in [-0.25, -0.2) is 13.6 Å². The number of benzene rings is 1. The van der Waals surface area contributed by atoms with Crippen LogP contribution in [0.15, 0.2) is 18.2 Å². The van der Waals surface area contributed by atoms with Gasteiger partial charge in [0.1, 0.15) is 0 Å². The molecule has 0 saturated heterocycles. The van der Waals surface area contributed by atoms with Crippen LogP contribution in [0.1, 0.15) is 32.1 Å². The first kappa shape index (κ1) is 14.0. The molecule has 0 unspecified atom stereocenters. The van der Waals surface area contributed by atoms with Gasteiger partial charge in [-0.1, -0.05) is 0 Å². The summed E-state index contributed by atoms with van der Waals surface area (Å²) in [6, 6.07) is 3.32. The monoisotopic (exact) mass is 306 g/mol. The molecule has 0 spiro atoms. The lowest BCUT2D eigenvalue weighted by atomic mass is 9.54. The van der Waals surface area contributed by atoms with Crippen LogP contribution in [0.5, 0.6) is 0 Å². The normalized spacial score (nSPS) is 35.5. The maximum absolute atomic E-state index is 13.2. The van der Waals surface area contributed by atoms with Gasteiger partial charge in [-0.15, -0.1) is 0 Å². The van der Waals surface area contributed by atoms with Crippen molar-refractivity contribution in [2.24, 2.45) is 23.7 Å². The first-order chi connectivity index (χ1) is 10.6. The van der Waals surface area contributed by atoms with Crippen LogP contribution in [0, 0.1) is 35.3 Å². The molecule has 118 valence electrons. The Morgan fingerprint density at radius 3 is 2.18 bits per heavy atom. The number of rotatable bonds is 2. The minimum absolute atomic E-state index is 0.234. The second-order valence-corrected chi connectivity index (χ2v) is 7.18. The Hall–Kier alpha value is -1.65. The fourth-order valence-electron chi connectivity index (χ4n) is 5.05. The molecule has 1 aromatic carbocycles. The van der Waals surface area contributed by atoms with Crippen LogP contribution in [0.4, 0.5) is 19.3 Å². The van der Waals surface area contributed by atoms with Crippen LogP contribution in [0.25, 0.3) is 0 Å². The van der Waals surface area contributed by atoms with Gasteiger partial charge in [0.05, 0.1) is 0 Å². The standard InChI is InChI=1S/C17H20F2N2O/c18-14-2-1-13(8-15(14)19)20-17(22)21-16-11-4-9-3-10(6-11)7-12(16)5-9/h1-2,8-12,16H,3-7H2,(H2,20,21,22). The molecule has 4 aliphatic carbocycles. The lowest BCUT2D eigenvalue weighted by Crippen LogP contribution is -2.56. The van der Waals surface area contributed by atoms with Crippen LogP contribution in [0.2, 0.25) is 0 Å². The minimum atomic E-state index is -0.951. The van der Waals surface area contributed by atoms with Gasteiger partial charge in [-0.2, -0.15) is 0 Å². The summed E-state index contributed by atoms with van der Waals surface area (Å²) >= 11 is 0. The highest BCUT2D eigenvalue weighted by Crippen LogP contribution is 2.53. The molecular formula is C17H20F2N2O. The molecule has 1 aromatic rings. The van der Waals surface area contributed by atoms with E-state index in [9.17, 15) is 13.6 Å². The summed E-state index contributed by atoms with van der Waals surface area (Å²) in [4.78, 5) is 12.2. The van der Waals surface area contributed by atoms with Crippen molar-refractivity contribution in [1.82, 2.24) is 5.32 Å². The Morgan fingerprint density at radius 2 is 1.59 bits per heavy atom. The molecule has 3 nitrogen and oxygen atoms in total. The van der Waals surface area contributed by atoms with Gasteiger partial charge in [0.2, 0.25) is 0 Å². The Balaban J connectivity index is 1.41. The first-order valence-corrected chi connectivity index (χ1v) is 8.11. The molecule has 2 amide bonds. The fraction of sp³-hybridized carbons (Fsp3) is 0.588. The number of hydrogen-bond acceptors (Lipinski definition) is 1. The van der Waals surface area contributed by atoms with Gasteiger partial charge in [-0.05, 0) is 67.9 Å². The van der Waals surface area contributed by atoms with Crippen molar-refractivity contribution in [3.63, 3.8) is 0 Å². The number of carbonyl (C=O) groups is 1. The van der Waals surface area contributed by atoms with Crippen molar-refractivity contribution in [1.29, 1.82) is 0 Å². The summed E-state index contributed by atoms with van der Waals surface area (Å²) in [7, 11) is 0. The molecular weight excluding hydrogens is 286 g/mol. The van der Waals surface area contributed by atoms with E-state index in [1.54, 1.807) is 0 Å². The third-order valence-corrected chi connectivity index (χ3v) is 5.70. The molecule has 0 radical (unpaired) electrons. The summed E-state index contributed by atoms with van der Waals surface area (Å²) in [5, 5.41) is 5.69. The average Bonchev–Trinajstić information content (AvgIpc) is 2.46. The van der Waals surface area contributed by atoms with Gasteiger partial charge >= 0.3 is 6.03 Å². The topological polar surface area (TPSA) is 41.1 Å². The zero-order valence-corrected chi connectivity index (χ0v) is 12.3. The van der Waals surface area contributed by atoms with Crippen molar-refractivity contribution in [2.75, 3.05) is 5.32 Å². The summed E-state index contributed by atoms with van der Waals surface area (Å²) < 4.78 is 26.1. The van der Waals surface area contributed by atoms with Crippen molar-refractivity contribution >= 4 is 11.7 Å². The smallest absolute Gasteiger partial charge is 0.319 e. The van der Waals surface area contributed by atoms with E-state index in [1.165, 1.54) is 38.2 Å². The molecule has 4 aliphatic rings. The van der Waals surface area contributed by atoms with Crippen molar-refractivity contribution in [2.45, 2.75) is 38.1 Å². The van der Waals surface area contributed by atoms with Crippen LogP contribution in [-0.4, -0.2) is 12.1 Å². The van der Waals surface area contributed by atoms with E-state index in [4.69, 9.17) is 0 Å². The molecule has 4 saturated carbocycles. The van der Waals surface area contributed by atoms with Crippen LogP contribution in [-0.2, 0) is 0 Å². The van der Waals surface area contributed by atoms with Gasteiger partial charge in [0, 0.05) is 17.8 Å². The Morgan fingerprint density at radius 1 is 0.955 bits per heavy atom. The summed E-state index contributed by atoms with van der Waals surface area (Å²) in [5.41, 5.74) is 0.278. The largest absolute Gasteiger partial charge is 0.335 e. The highest BCUT2D eigenvalue weighted by Gasteiger charge is 2.48. The predicted octanol–water partition coefficient (Wildman–Crippen LogP) is 3.91. The zero-order chi connectivity index (χ0) is 15.3. The summed E-state index contributed by atoms with van der Waals surface area (Å²) in [6.07, 6.45) is 6.28. The second kappa shape index (κ2) is 5.21. The second-order valence-electron chi connectivity index (χ2n) is 7.18. The average molecular weight is 306 g/mol. The predicted molar refractivity (Wildman–Crippen MR) is 79.3 cm³/mol. The maximum Gasteiger partial charge on any atom is 0.319 e. The molecule has 4 bridgehead atoms. The van der Waals surface area contributed by atoms with Crippen molar-refractivity contribution in [3.8, 4) is 0 Å². The molecule has 0 aliphatic heterocycles. The maximum atomic E-state index is 13.2. The van der Waals surface area contributed by atoms with E-state index in [0.29, 0.717) is 11.8 Å². The molecule has 0 atom stereocenters. The molecule has 5 rings (SSSR count). The highest BCUT2D eigenvalue weighted by atomic mass is 19.2. The van der Waals surface area contributed by atoms with Gasteiger partial charge in [0.25, 0.3) is 0 Å². The molecule has 0 heterocycles. The zero-order valence-electron chi connectivity index (χ0n) is 12.3. The highest BCUT2D eigenvalue weighted by molar-refractivity contribution is 5.89. The van der Waals surface area contributed by atoms with E-state index >= 15 is 0 Å². The third-order valence-electron chi connectivity index (χ3n) is 5.70. The fourth-order valence-corrected chi connectivity index (χ4v) is 5.05. The molecule has 0 aromatic heterocycles. The Kier molecular flexibility index (Phi) is 3.31.